The molecule has 11 heteroatoms. The number of nitrogens with zero attached hydrogens (tertiary/aromatic N) is 1. The van der Waals surface area contributed by atoms with Crippen LogP contribution < -0.4 is 4.90 Å². The first-order valence-electron chi connectivity index (χ1n) is 13.9. The topological polar surface area (TPSA) is 74.3 Å². The van der Waals surface area contributed by atoms with E-state index >= 15 is 0 Å². The summed E-state index contributed by atoms with van der Waals surface area (Å²) >= 11 is 24.8. The Kier molecular flexibility index (Phi) is 14.4. The third kappa shape index (κ3) is 10.3. The van der Waals surface area contributed by atoms with Crippen LogP contribution in [0.25, 0.3) is 0 Å². The molecule has 0 saturated heterocycles. The zero-order valence-electron chi connectivity index (χ0n) is 24.3. The van der Waals surface area contributed by atoms with Gasteiger partial charge < -0.3 is 18.9 Å². The normalized spacial score (nSPS) is 12.4. The highest BCUT2D eigenvalue weighted by Gasteiger charge is 2.34. The standard InChI is InChI=1S/C32H35Cl4NO6/c1-4-5-6-7-8-21-9-13-24(14-10-21)37(29(19-40-2)42-31(38)25-17-22(33)11-15-27(25)35)30(20-41-3)43-32(39)26-18-23(34)12-16-28(26)36/h9-18,29-30H,4-8,19-20H2,1-3H3. The Morgan fingerprint density at radius 3 is 1.63 bits per heavy atom. The van der Waals surface area contributed by atoms with Gasteiger partial charge in [0.15, 0.2) is 0 Å². The molecule has 7 nitrogen and oxygen atoms in total. The van der Waals surface area contributed by atoms with Crippen LogP contribution in [0.4, 0.5) is 5.69 Å². The molecule has 0 bridgehead atoms. The number of methoxy groups -OCH3 is 2. The Bertz CT molecular complexity index is 1280. The van der Waals surface area contributed by atoms with Gasteiger partial charge in [0.05, 0.1) is 21.2 Å². The second-order valence-corrected chi connectivity index (χ2v) is 11.5. The molecular weight excluding hydrogens is 636 g/mol. The van der Waals surface area contributed by atoms with E-state index in [1.807, 2.05) is 24.3 Å². The zero-order chi connectivity index (χ0) is 31.4. The number of benzene rings is 3. The molecule has 0 heterocycles. The van der Waals surface area contributed by atoms with Crippen molar-refractivity contribution in [3.8, 4) is 0 Å². The number of ether oxygens (including phenoxy) is 4. The number of esters is 2. The molecule has 0 amide bonds. The fourth-order valence-electron chi connectivity index (χ4n) is 4.42. The van der Waals surface area contributed by atoms with Gasteiger partial charge in [-0.05, 0) is 66.9 Å². The summed E-state index contributed by atoms with van der Waals surface area (Å²) in [7, 11) is 2.93. The van der Waals surface area contributed by atoms with E-state index < -0.39 is 24.4 Å². The van der Waals surface area contributed by atoms with Crippen molar-refractivity contribution in [1.82, 2.24) is 0 Å². The summed E-state index contributed by atoms with van der Waals surface area (Å²) in [6.07, 6.45) is 3.34. The summed E-state index contributed by atoms with van der Waals surface area (Å²) < 4.78 is 22.8. The zero-order valence-corrected chi connectivity index (χ0v) is 27.3. The summed E-state index contributed by atoms with van der Waals surface area (Å²) in [4.78, 5) is 28.3. The van der Waals surface area contributed by atoms with E-state index in [2.05, 4.69) is 6.92 Å². The lowest BCUT2D eigenvalue weighted by atomic mass is 10.1. The Balaban J connectivity index is 2.01. The number of anilines is 1. The smallest absolute Gasteiger partial charge is 0.341 e. The molecule has 0 radical (unpaired) electrons. The quantitative estimate of drug-likeness (QED) is 0.0856. The molecule has 43 heavy (non-hydrogen) atoms. The van der Waals surface area contributed by atoms with Crippen LogP contribution in [0.15, 0.2) is 60.7 Å². The van der Waals surface area contributed by atoms with Crippen LogP contribution in [0, 0.1) is 0 Å². The first-order valence-corrected chi connectivity index (χ1v) is 15.4. The first kappa shape index (κ1) is 35.0. The summed E-state index contributed by atoms with van der Waals surface area (Å²) in [6, 6.07) is 16.7. The maximum Gasteiger partial charge on any atom is 0.341 e. The molecule has 2 atom stereocenters. The Labute approximate surface area is 272 Å². The third-order valence-corrected chi connectivity index (χ3v) is 7.70. The fourth-order valence-corrected chi connectivity index (χ4v) is 5.15. The van der Waals surface area contributed by atoms with E-state index in [-0.39, 0.29) is 34.4 Å². The maximum absolute atomic E-state index is 13.4. The predicted octanol–water partition coefficient (Wildman–Crippen LogP) is 8.89. The average molecular weight is 671 g/mol. The van der Waals surface area contributed by atoms with Gasteiger partial charge in [0, 0.05) is 30.0 Å². The summed E-state index contributed by atoms with van der Waals surface area (Å²) in [6.45, 7) is 2.01. The highest BCUT2D eigenvalue weighted by atomic mass is 35.5. The second-order valence-electron chi connectivity index (χ2n) is 9.76. The van der Waals surface area contributed by atoms with Crippen molar-refractivity contribution in [2.24, 2.45) is 0 Å². The largest absolute Gasteiger partial charge is 0.435 e. The summed E-state index contributed by atoms with van der Waals surface area (Å²) in [5.74, 6) is -1.49. The van der Waals surface area contributed by atoms with Crippen molar-refractivity contribution >= 4 is 64.0 Å². The highest BCUT2D eigenvalue weighted by Crippen LogP contribution is 2.28. The number of hydrogen-bond acceptors (Lipinski definition) is 7. The molecule has 0 spiro atoms. The van der Waals surface area contributed by atoms with Gasteiger partial charge in [0.2, 0.25) is 12.5 Å². The lowest BCUT2D eigenvalue weighted by molar-refractivity contribution is -0.0341. The molecule has 0 aromatic heterocycles. The Hall–Kier alpha value is -2.52. The van der Waals surface area contributed by atoms with Gasteiger partial charge in [-0.25, -0.2) is 9.59 Å². The van der Waals surface area contributed by atoms with Gasteiger partial charge in [-0.2, -0.15) is 0 Å². The monoisotopic (exact) mass is 669 g/mol. The Morgan fingerprint density at radius 1 is 0.698 bits per heavy atom. The van der Waals surface area contributed by atoms with E-state index in [9.17, 15) is 9.59 Å². The lowest BCUT2D eigenvalue weighted by Gasteiger charge is -2.38. The van der Waals surface area contributed by atoms with Gasteiger partial charge in [-0.15, -0.1) is 0 Å². The van der Waals surface area contributed by atoms with E-state index in [4.69, 9.17) is 65.4 Å². The van der Waals surface area contributed by atoms with Gasteiger partial charge >= 0.3 is 11.9 Å². The number of unbranched alkanes of at least 4 members (excludes halogenated alkanes) is 3. The maximum atomic E-state index is 13.4. The number of aryl methyl sites for hydroxylation is 1. The van der Waals surface area contributed by atoms with Crippen molar-refractivity contribution in [2.45, 2.75) is 51.5 Å². The molecule has 3 rings (SSSR count). The van der Waals surface area contributed by atoms with E-state index in [1.54, 1.807) is 17.0 Å². The van der Waals surface area contributed by atoms with Gasteiger partial charge in [0.25, 0.3) is 0 Å². The van der Waals surface area contributed by atoms with Crippen molar-refractivity contribution in [1.29, 1.82) is 0 Å². The molecule has 0 N–H and O–H groups in total. The van der Waals surface area contributed by atoms with Gasteiger partial charge in [0.1, 0.15) is 13.2 Å². The summed E-state index contributed by atoms with van der Waals surface area (Å²) in [5, 5.41) is 0.964. The molecule has 0 aliphatic carbocycles. The average Bonchev–Trinajstić information content (AvgIpc) is 2.98. The lowest BCUT2D eigenvalue weighted by Crippen LogP contribution is -2.52. The number of carbonyl (C=O) groups is 2. The predicted molar refractivity (Wildman–Crippen MR) is 172 cm³/mol. The highest BCUT2D eigenvalue weighted by molar-refractivity contribution is 6.36. The number of hydrogen-bond donors (Lipinski definition) is 0. The first-order chi connectivity index (χ1) is 20.7. The molecule has 3 aromatic carbocycles. The van der Waals surface area contributed by atoms with Gasteiger partial charge in [-0.3, -0.25) is 4.90 Å². The van der Waals surface area contributed by atoms with Crippen LogP contribution in [-0.4, -0.2) is 51.8 Å². The number of halogens is 4. The van der Waals surface area contributed by atoms with E-state index in [0.717, 1.165) is 31.2 Å². The van der Waals surface area contributed by atoms with Crippen LogP contribution in [0.5, 0.6) is 0 Å². The molecule has 232 valence electrons. The number of rotatable bonds is 16. The molecule has 0 fully saturated rings. The van der Waals surface area contributed by atoms with Crippen LogP contribution >= 0.6 is 46.4 Å². The minimum atomic E-state index is -1.08. The second kappa shape index (κ2) is 17.7. The van der Waals surface area contributed by atoms with Crippen LogP contribution in [0.1, 0.15) is 58.9 Å². The minimum Gasteiger partial charge on any atom is -0.435 e. The van der Waals surface area contributed by atoms with Crippen molar-refractivity contribution in [2.75, 3.05) is 32.3 Å². The fraction of sp³-hybridized carbons (Fsp3) is 0.375. The molecule has 2 unspecified atom stereocenters. The van der Waals surface area contributed by atoms with Crippen molar-refractivity contribution in [3.05, 3.63) is 97.4 Å². The van der Waals surface area contributed by atoms with Gasteiger partial charge in [-0.1, -0.05) is 84.7 Å². The van der Waals surface area contributed by atoms with Crippen LogP contribution in [-0.2, 0) is 25.4 Å². The molecular formula is C32H35Cl4NO6. The van der Waals surface area contributed by atoms with Crippen LogP contribution in [0.2, 0.25) is 20.1 Å². The minimum absolute atomic E-state index is 0.0728. The van der Waals surface area contributed by atoms with Crippen molar-refractivity contribution in [3.63, 3.8) is 0 Å². The third-order valence-electron chi connectivity index (χ3n) is 6.58. The molecule has 0 aliphatic rings. The van der Waals surface area contributed by atoms with E-state index in [1.165, 1.54) is 44.9 Å². The molecule has 0 aliphatic heterocycles. The van der Waals surface area contributed by atoms with E-state index in [0.29, 0.717) is 15.7 Å². The SMILES string of the molecule is CCCCCCc1ccc(N(C(COC)OC(=O)c2cc(Cl)ccc2Cl)C(COC)OC(=O)c2cc(Cl)ccc2Cl)cc1. The molecule has 3 aromatic rings. The van der Waals surface area contributed by atoms with Crippen molar-refractivity contribution < 1.29 is 28.5 Å². The summed E-state index contributed by atoms with van der Waals surface area (Å²) in [5.41, 5.74) is 1.89. The molecule has 0 saturated carbocycles. The number of carbonyl (C=O) groups excluding carboxylic acids is 2. The Morgan fingerprint density at radius 2 is 1.19 bits per heavy atom. The van der Waals surface area contributed by atoms with Crippen LogP contribution in [0.3, 0.4) is 0 Å².